The lowest BCUT2D eigenvalue weighted by Crippen LogP contribution is -2.49. The third kappa shape index (κ3) is 5.97. The van der Waals surface area contributed by atoms with Gasteiger partial charge in [-0.3, -0.25) is 19.7 Å². The van der Waals surface area contributed by atoms with Crippen molar-refractivity contribution in [3.8, 4) is 0 Å². The van der Waals surface area contributed by atoms with E-state index in [1.165, 1.54) is 18.2 Å². The molecule has 10 heteroatoms. The minimum absolute atomic E-state index is 0.0324. The van der Waals surface area contributed by atoms with Crippen LogP contribution < -0.4 is 10.6 Å². The Morgan fingerprint density at radius 3 is 2.44 bits per heavy atom. The first-order valence-corrected chi connectivity index (χ1v) is 9.05. The molecule has 2 aromatic rings. The number of carboxylic acids is 2. The summed E-state index contributed by atoms with van der Waals surface area (Å²) in [6, 6.07) is 1.56. The number of rotatable bonds is 9. The second-order valence-electron chi connectivity index (χ2n) is 6.46. The van der Waals surface area contributed by atoms with Crippen molar-refractivity contribution in [2.24, 2.45) is 5.92 Å². The van der Waals surface area contributed by atoms with Gasteiger partial charge in [0.1, 0.15) is 17.9 Å². The largest absolute Gasteiger partial charge is 0.480 e. The summed E-state index contributed by atoms with van der Waals surface area (Å²) in [5.41, 5.74) is 0.507. The maximum Gasteiger partial charge on any atom is 0.321 e. The lowest BCUT2D eigenvalue weighted by atomic mass is 10.0. The van der Waals surface area contributed by atoms with Crippen LogP contribution in [0.1, 0.15) is 26.7 Å². The number of anilines is 1. The molecule has 0 saturated heterocycles. The molecule has 1 aromatic heterocycles. The maximum atomic E-state index is 13.2. The van der Waals surface area contributed by atoms with E-state index in [2.05, 4.69) is 15.6 Å². The van der Waals surface area contributed by atoms with E-state index in [1.807, 2.05) is 13.8 Å². The van der Waals surface area contributed by atoms with Gasteiger partial charge in [-0.05, 0) is 30.5 Å². The fraction of sp³-hybridized carbons (Fsp3) is 0.412. The zero-order chi connectivity index (χ0) is 20.1. The normalized spacial score (nSPS) is 13.5. The van der Waals surface area contributed by atoms with Gasteiger partial charge in [-0.1, -0.05) is 25.2 Å². The lowest BCUT2D eigenvalue weighted by Gasteiger charge is -2.21. The van der Waals surface area contributed by atoms with E-state index in [9.17, 15) is 29.0 Å². The average Bonchev–Trinajstić information content (AvgIpc) is 2.93. The average molecular weight is 397 g/mol. The fourth-order valence-corrected chi connectivity index (χ4v) is 3.39. The monoisotopic (exact) mass is 397 g/mol. The van der Waals surface area contributed by atoms with Crippen LogP contribution >= 0.6 is 11.3 Å². The molecule has 4 N–H and O–H groups in total. The third-order valence-corrected chi connectivity index (χ3v) is 4.63. The number of hydrogen-bond acceptors (Lipinski definition) is 6. The van der Waals surface area contributed by atoms with Crippen molar-refractivity contribution < 1.29 is 29.0 Å². The number of aliphatic carboxylic acids is 2. The van der Waals surface area contributed by atoms with E-state index >= 15 is 0 Å². The van der Waals surface area contributed by atoms with Gasteiger partial charge < -0.3 is 15.5 Å². The number of carboxylic acid groups (broad SMARTS) is 2. The molecule has 0 aliphatic rings. The molecule has 1 aromatic carbocycles. The molecule has 0 aliphatic heterocycles. The van der Waals surface area contributed by atoms with E-state index in [4.69, 9.17) is 0 Å². The smallest absolute Gasteiger partial charge is 0.321 e. The zero-order valence-electron chi connectivity index (χ0n) is 14.7. The SMILES string of the molecule is CC(C)C[C@H](N[C@@H](CC(=O)Nc1nc2ccc(F)cc2s1)C(=O)O)C(=O)O. The van der Waals surface area contributed by atoms with Crippen molar-refractivity contribution in [1.82, 2.24) is 10.3 Å². The van der Waals surface area contributed by atoms with Crippen LogP contribution in [0.4, 0.5) is 9.52 Å². The Labute approximate surface area is 158 Å². The molecule has 0 bridgehead atoms. The molecule has 0 unspecified atom stereocenters. The minimum Gasteiger partial charge on any atom is -0.480 e. The van der Waals surface area contributed by atoms with Gasteiger partial charge >= 0.3 is 11.9 Å². The number of thiazole rings is 1. The number of nitrogens with zero attached hydrogens (tertiary/aromatic N) is 1. The highest BCUT2D eigenvalue weighted by Gasteiger charge is 2.28. The molecule has 27 heavy (non-hydrogen) atoms. The second-order valence-corrected chi connectivity index (χ2v) is 7.49. The van der Waals surface area contributed by atoms with Gasteiger partial charge in [0.15, 0.2) is 5.13 Å². The number of nitrogens with one attached hydrogen (secondary N) is 2. The molecule has 2 atom stereocenters. The Morgan fingerprint density at radius 1 is 1.19 bits per heavy atom. The highest BCUT2D eigenvalue weighted by molar-refractivity contribution is 7.22. The van der Waals surface area contributed by atoms with Gasteiger partial charge in [-0.2, -0.15) is 0 Å². The Hall–Kier alpha value is -2.59. The van der Waals surface area contributed by atoms with E-state index in [0.29, 0.717) is 10.2 Å². The van der Waals surface area contributed by atoms with Crippen LogP contribution in [0.25, 0.3) is 10.2 Å². The highest BCUT2D eigenvalue weighted by Crippen LogP contribution is 2.26. The van der Waals surface area contributed by atoms with Gasteiger partial charge in [0.05, 0.1) is 16.6 Å². The summed E-state index contributed by atoms with van der Waals surface area (Å²) in [6.45, 7) is 3.63. The molecular formula is C17H20FN3O5S. The van der Waals surface area contributed by atoms with Crippen LogP contribution in [0.15, 0.2) is 18.2 Å². The molecule has 0 radical (unpaired) electrons. The number of halogens is 1. The molecule has 0 fully saturated rings. The van der Waals surface area contributed by atoms with Crippen molar-refractivity contribution in [1.29, 1.82) is 0 Å². The first-order chi connectivity index (χ1) is 12.7. The fourth-order valence-electron chi connectivity index (χ4n) is 2.48. The zero-order valence-corrected chi connectivity index (χ0v) is 15.5. The van der Waals surface area contributed by atoms with Crippen LogP contribution in [-0.2, 0) is 14.4 Å². The summed E-state index contributed by atoms with van der Waals surface area (Å²) in [6.07, 6.45) is -0.244. The Bertz CT molecular complexity index is 854. The van der Waals surface area contributed by atoms with Gasteiger partial charge in [-0.25, -0.2) is 9.37 Å². The van der Waals surface area contributed by atoms with E-state index < -0.39 is 42.2 Å². The maximum absolute atomic E-state index is 13.2. The molecule has 0 saturated carbocycles. The van der Waals surface area contributed by atoms with Crippen LogP contribution in [0.3, 0.4) is 0 Å². The van der Waals surface area contributed by atoms with Crippen molar-refractivity contribution in [3.63, 3.8) is 0 Å². The van der Waals surface area contributed by atoms with Gasteiger partial charge in [0.25, 0.3) is 0 Å². The van der Waals surface area contributed by atoms with Crippen molar-refractivity contribution >= 4 is 44.5 Å². The van der Waals surface area contributed by atoms with E-state index in [1.54, 1.807) is 0 Å². The van der Waals surface area contributed by atoms with Crippen molar-refractivity contribution in [3.05, 3.63) is 24.0 Å². The number of hydrogen-bond donors (Lipinski definition) is 4. The third-order valence-electron chi connectivity index (χ3n) is 3.69. The molecule has 146 valence electrons. The van der Waals surface area contributed by atoms with Crippen LogP contribution in [0.5, 0.6) is 0 Å². The summed E-state index contributed by atoms with van der Waals surface area (Å²) in [5.74, 6) is -3.53. The molecule has 0 spiro atoms. The number of carbonyl (C=O) groups is 3. The summed E-state index contributed by atoms with van der Waals surface area (Å²) < 4.78 is 13.8. The quantitative estimate of drug-likeness (QED) is 0.511. The van der Waals surface area contributed by atoms with Crippen LogP contribution in [0.2, 0.25) is 0 Å². The lowest BCUT2D eigenvalue weighted by molar-refractivity contribution is -0.144. The first-order valence-electron chi connectivity index (χ1n) is 8.23. The van der Waals surface area contributed by atoms with Crippen LogP contribution in [0, 0.1) is 11.7 Å². The summed E-state index contributed by atoms with van der Waals surface area (Å²) in [5, 5.41) is 23.7. The first kappa shape index (κ1) is 20.7. The number of amides is 1. The van der Waals surface area contributed by atoms with Crippen molar-refractivity contribution in [2.45, 2.75) is 38.8 Å². The number of carbonyl (C=O) groups excluding carboxylic acids is 1. The molecule has 1 heterocycles. The Morgan fingerprint density at radius 2 is 1.85 bits per heavy atom. The minimum atomic E-state index is -1.36. The predicted molar refractivity (Wildman–Crippen MR) is 98.3 cm³/mol. The second kappa shape index (κ2) is 8.87. The standard InChI is InChI=1S/C17H20FN3O5S/c1-8(2)5-11(15(23)24)19-12(16(25)26)7-14(22)21-17-20-10-4-3-9(18)6-13(10)27-17/h3-4,6,8,11-12,19H,5,7H2,1-2H3,(H,23,24)(H,25,26)(H,20,21,22)/t11-,12-/m0/s1. The van der Waals surface area contributed by atoms with Crippen LogP contribution in [-0.4, -0.2) is 45.1 Å². The van der Waals surface area contributed by atoms with Gasteiger partial charge in [0.2, 0.25) is 5.91 Å². The molecule has 2 rings (SSSR count). The molecule has 0 aliphatic carbocycles. The van der Waals surface area contributed by atoms with E-state index in [0.717, 1.165) is 11.3 Å². The Balaban J connectivity index is 2.04. The molecule has 1 amide bonds. The molecular weight excluding hydrogens is 377 g/mol. The highest BCUT2D eigenvalue weighted by atomic mass is 32.1. The Kier molecular flexibility index (Phi) is 6.81. The molecule has 8 nitrogen and oxygen atoms in total. The summed E-state index contributed by atoms with van der Waals surface area (Å²) >= 11 is 1.06. The van der Waals surface area contributed by atoms with Crippen molar-refractivity contribution in [2.75, 3.05) is 5.32 Å². The van der Waals surface area contributed by atoms with E-state index in [-0.39, 0.29) is 17.5 Å². The van der Waals surface area contributed by atoms with Gasteiger partial charge in [0, 0.05) is 0 Å². The number of benzene rings is 1. The topological polar surface area (TPSA) is 129 Å². The number of aromatic nitrogens is 1. The van der Waals surface area contributed by atoms with Gasteiger partial charge in [-0.15, -0.1) is 0 Å². The summed E-state index contributed by atoms with van der Waals surface area (Å²) in [7, 11) is 0. The number of fused-ring (bicyclic) bond motifs is 1. The predicted octanol–water partition coefficient (Wildman–Crippen LogP) is 2.31. The summed E-state index contributed by atoms with van der Waals surface area (Å²) in [4.78, 5) is 39.0.